The van der Waals surface area contributed by atoms with Crippen molar-refractivity contribution in [3.8, 4) is 0 Å². The first-order valence-corrected chi connectivity index (χ1v) is 19.1. The fraction of sp³-hybridized carbons (Fsp3) is 0.889. The molecule has 2 aliphatic heterocycles. The van der Waals surface area contributed by atoms with E-state index in [2.05, 4.69) is 13.8 Å². The smallest absolute Gasteiger partial charge is 0.518 e. The van der Waals surface area contributed by atoms with Crippen LogP contribution in [0.25, 0.3) is 0 Å². The lowest BCUT2D eigenvalue weighted by atomic mass is 9.79. The highest BCUT2D eigenvalue weighted by molar-refractivity contribution is 6.52. The highest BCUT2D eigenvalue weighted by atomic mass is 16.7. The zero-order valence-corrected chi connectivity index (χ0v) is 28.8. The van der Waals surface area contributed by atoms with Crippen molar-refractivity contribution in [2.45, 2.75) is 206 Å². The monoisotopic (exact) mass is 617 g/mol. The maximum Gasteiger partial charge on any atom is 0.597 e. The van der Waals surface area contributed by atoms with Crippen LogP contribution in [0, 0.1) is 0 Å². The van der Waals surface area contributed by atoms with Crippen LogP contribution < -0.4 is 0 Å². The average Bonchev–Trinajstić information content (AvgIpc) is 3.02. The molecule has 0 N–H and O–H groups in total. The van der Waals surface area contributed by atoms with Gasteiger partial charge in [0.15, 0.2) is 0 Å². The van der Waals surface area contributed by atoms with E-state index < -0.39 is 26.2 Å². The van der Waals surface area contributed by atoms with E-state index in [-0.39, 0.29) is 11.5 Å². The quantitative estimate of drug-likeness (QED) is 0.0591. The molecule has 6 nitrogen and oxygen atoms in total. The fourth-order valence-electron chi connectivity index (χ4n) is 6.29. The Bertz CT molecular complexity index is 712. The maximum atomic E-state index is 12.6. The Kier molecular flexibility index (Phi) is 23.3. The van der Waals surface area contributed by atoms with Crippen molar-refractivity contribution in [2.24, 2.45) is 0 Å². The number of hydrogen-bond acceptors (Lipinski definition) is 6. The summed E-state index contributed by atoms with van der Waals surface area (Å²) in [5, 5.41) is 0. The first kappa shape index (κ1) is 38.6. The Morgan fingerprint density at radius 3 is 0.818 bits per heavy atom. The highest BCUT2D eigenvalue weighted by Gasteiger charge is 2.46. The number of hydrogen-bond donors (Lipinski definition) is 0. The van der Waals surface area contributed by atoms with Crippen LogP contribution in [0.3, 0.4) is 0 Å². The normalized spacial score (nSPS) is 14.8. The molecule has 44 heavy (non-hydrogen) atoms. The van der Waals surface area contributed by atoms with E-state index in [9.17, 15) is 9.59 Å². The van der Waals surface area contributed by atoms with Crippen LogP contribution in [0.15, 0.2) is 11.5 Å². The molecule has 0 spiro atoms. The average molecular weight is 617 g/mol. The SMILES string of the molecule is CCCCCCCCCCCCCCCCB1OC(=O)C2=C(O1)C(=O)OB(CCCCCCCCCCCCCCCC)O2. The van der Waals surface area contributed by atoms with Crippen molar-refractivity contribution in [3.05, 3.63) is 11.5 Å². The lowest BCUT2D eigenvalue weighted by Gasteiger charge is -2.30. The van der Waals surface area contributed by atoms with Crippen molar-refractivity contribution in [2.75, 3.05) is 0 Å². The molecule has 0 radical (unpaired) electrons. The van der Waals surface area contributed by atoms with E-state index >= 15 is 0 Å². The van der Waals surface area contributed by atoms with Crippen LogP contribution >= 0.6 is 0 Å². The van der Waals surface area contributed by atoms with Gasteiger partial charge < -0.3 is 18.6 Å². The molecule has 2 heterocycles. The fourth-order valence-corrected chi connectivity index (χ4v) is 6.29. The van der Waals surface area contributed by atoms with Gasteiger partial charge in [-0.25, -0.2) is 9.59 Å². The second-order valence-electron chi connectivity index (χ2n) is 13.3. The van der Waals surface area contributed by atoms with E-state index in [1.165, 1.54) is 154 Å². The van der Waals surface area contributed by atoms with Gasteiger partial charge in [-0.1, -0.05) is 194 Å². The largest absolute Gasteiger partial charge is 0.597 e. The van der Waals surface area contributed by atoms with E-state index in [1.807, 2.05) is 0 Å². The van der Waals surface area contributed by atoms with Gasteiger partial charge >= 0.3 is 26.2 Å². The zero-order chi connectivity index (χ0) is 31.5. The van der Waals surface area contributed by atoms with Gasteiger partial charge in [-0.05, 0) is 0 Å². The summed E-state index contributed by atoms with van der Waals surface area (Å²) in [5.74, 6) is -1.45. The van der Waals surface area contributed by atoms with Gasteiger partial charge in [-0.2, -0.15) is 0 Å². The Morgan fingerprint density at radius 2 is 0.568 bits per heavy atom. The Morgan fingerprint density at radius 1 is 0.341 bits per heavy atom. The summed E-state index contributed by atoms with van der Waals surface area (Å²) < 4.78 is 22.3. The van der Waals surface area contributed by atoms with E-state index in [0.717, 1.165) is 25.7 Å². The molecule has 2 rings (SSSR count). The van der Waals surface area contributed by atoms with Crippen molar-refractivity contribution in [1.82, 2.24) is 0 Å². The van der Waals surface area contributed by atoms with Crippen LogP contribution in [0.2, 0.25) is 12.6 Å². The van der Waals surface area contributed by atoms with Gasteiger partial charge in [0.05, 0.1) is 0 Å². The van der Waals surface area contributed by atoms with Crippen molar-refractivity contribution in [3.63, 3.8) is 0 Å². The molecule has 0 aromatic rings. The minimum Gasteiger partial charge on any atom is -0.518 e. The Hall–Kier alpha value is -1.59. The van der Waals surface area contributed by atoms with Crippen LogP contribution in [0.4, 0.5) is 0 Å². The van der Waals surface area contributed by atoms with Gasteiger partial charge in [0.25, 0.3) is 0 Å². The lowest BCUT2D eigenvalue weighted by Crippen LogP contribution is -2.43. The molecule has 0 amide bonds. The predicted octanol–water partition coefficient (Wildman–Crippen LogP) is 11.3. The van der Waals surface area contributed by atoms with Gasteiger partial charge in [-0.3, -0.25) is 0 Å². The summed E-state index contributed by atoms with van der Waals surface area (Å²) in [5.41, 5.74) is 0. The summed E-state index contributed by atoms with van der Waals surface area (Å²) in [6.07, 6.45) is 37.3. The number of carbonyl (C=O) groups excluding carboxylic acids is 2. The van der Waals surface area contributed by atoms with Crippen molar-refractivity contribution in [1.29, 1.82) is 0 Å². The maximum absolute atomic E-state index is 12.6. The van der Waals surface area contributed by atoms with Crippen molar-refractivity contribution < 1.29 is 28.2 Å². The summed E-state index contributed by atoms with van der Waals surface area (Å²) in [7, 11) is -1.48. The second-order valence-corrected chi connectivity index (χ2v) is 13.3. The molecule has 0 saturated heterocycles. The van der Waals surface area contributed by atoms with E-state index in [4.69, 9.17) is 18.6 Å². The summed E-state index contributed by atoms with van der Waals surface area (Å²) in [6.45, 7) is 4.54. The number of carbonyl (C=O) groups is 2. The van der Waals surface area contributed by atoms with Gasteiger partial charge in [0.1, 0.15) is 0 Å². The Labute approximate surface area is 271 Å². The standard InChI is InChI=1S/C36H66B2O6/c1-3-5-7-9-11-13-15-17-19-21-23-25-27-29-31-37-41-33-34(35(39)43-37)42-38(44-36(33)40)32-30-28-26-24-22-20-18-16-14-12-10-8-6-4-2/h3-32H2,1-2H3. The molecule has 252 valence electrons. The topological polar surface area (TPSA) is 71.1 Å². The first-order chi connectivity index (χ1) is 21.7. The van der Waals surface area contributed by atoms with Gasteiger partial charge in [0.2, 0.25) is 11.5 Å². The number of unbranched alkanes of at least 4 members (excludes halogenated alkanes) is 26. The molecule has 0 saturated carbocycles. The number of rotatable bonds is 30. The molecule has 0 aromatic carbocycles. The van der Waals surface area contributed by atoms with E-state index in [0.29, 0.717) is 12.6 Å². The molecular weight excluding hydrogens is 550 g/mol. The Balaban J connectivity index is 1.45. The van der Waals surface area contributed by atoms with Crippen LogP contribution in [-0.2, 0) is 28.2 Å². The molecule has 0 fully saturated rings. The van der Waals surface area contributed by atoms with Gasteiger partial charge in [0, 0.05) is 12.6 Å². The molecular formula is C36H66B2O6. The van der Waals surface area contributed by atoms with Gasteiger partial charge in [-0.15, -0.1) is 0 Å². The lowest BCUT2D eigenvalue weighted by molar-refractivity contribution is -0.145. The van der Waals surface area contributed by atoms with Crippen LogP contribution in [0.5, 0.6) is 0 Å². The first-order valence-electron chi connectivity index (χ1n) is 19.1. The minimum absolute atomic E-state index is 0.117. The summed E-state index contributed by atoms with van der Waals surface area (Å²) >= 11 is 0. The minimum atomic E-state index is -0.739. The summed E-state index contributed by atoms with van der Waals surface area (Å²) in [4.78, 5) is 25.2. The molecule has 0 atom stereocenters. The third-order valence-corrected chi connectivity index (χ3v) is 9.14. The third kappa shape index (κ3) is 18.4. The predicted molar refractivity (Wildman–Crippen MR) is 183 cm³/mol. The van der Waals surface area contributed by atoms with E-state index in [1.54, 1.807) is 0 Å². The summed E-state index contributed by atoms with van der Waals surface area (Å²) in [6, 6.07) is 0. The molecule has 0 unspecified atom stereocenters. The molecule has 0 aliphatic carbocycles. The molecule has 8 heteroatoms. The molecule has 2 aliphatic rings. The van der Waals surface area contributed by atoms with Crippen molar-refractivity contribution >= 4 is 26.2 Å². The second kappa shape index (κ2) is 26.6. The zero-order valence-electron chi connectivity index (χ0n) is 28.8. The highest BCUT2D eigenvalue weighted by Crippen LogP contribution is 2.28. The van der Waals surface area contributed by atoms with Crippen LogP contribution in [0.1, 0.15) is 194 Å². The molecule has 0 bridgehead atoms. The molecule has 0 aromatic heterocycles. The third-order valence-electron chi connectivity index (χ3n) is 9.14. The van der Waals surface area contributed by atoms with Crippen LogP contribution in [-0.4, -0.2) is 26.2 Å².